The van der Waals surface area contributed by atoms with Crippen LogP contribution in [0.3, 0.4) is 0 Å². The Morgan fingerprint density at radius 1 is 0.900 bits per heavy atom. The average molecular weight is 260 g/mol. The molecule has 0 aliphatic rings. The van der Waals surface area contributed by atoms with Crippen LogP contribution in [-0.4, -0.2) is 9.97 Å². The second-order valence-electron chi connectivity index (χ2n) is 4.85. The highest BCUT2D eigenvalue weighted by Crippen LogP contribution is 2.21. The first-order valence-corrected chi connectivity index (χ1v) is 6.76. The molecule has 0 amide bonds. The van der Waals surface area contributed by atoms with Crippen LogP contribution in [0.15, 0.2) is 67.5 Å². The minimum absolute atomic E-state index is 0.922. The molecule has 98 valence electrons. The Morgan fingerprint density at radius 2 is 1.65 bits per heavy atom. The molecule has 0 atom stereocenters. The van der Waals surface area contributed by atoms with E-state index in [-0.39, 0.29) is 0 Å². The van der Waals surface area contributed by atoms with Crippen molar-refractivity contribution in [1.82, 2.24) is 9.97 Å². The van der Waals surface area contributed by atoms with Gasteiger partial charge < -0.3 is 0 Å². The van der Waals surface area contributed by atoms with E-state index >= 15 is 0 Å². The molecule has 0 fully saturated rings. The summed E-state index contributed by atoms with van der Waals surface area (Å²) >= 11 is 0. The summed E-state index contributed by atoms with van der Waals surface area (Å²) in [5.41, 5.74) is 5.47. The zero-order valence-electron chi connectivity index (χ0n) is 11.3. The molecule has 2 heteroatoms. The first-order chi connectivity index (χ1) is 9.83. The van der Waals surface area contributed by atoms with Crippen molar-refractivity contribution >= 4 is 16.6 Å². The van der Waals surface area contributed by atoms with Crippen molar-refractivity contribution in [2.75, 3.05) is 0 Å². The fraction of sp³-hybridized carbons (Fsp3) is 0.111. The zero-order valence-corrected chi connectivity index (χ0v) is 11.3. The van der Waals surface area contributed by atoms with Gasteiger partial charge in [-0.15, -0.1) is 0 Å². The van der Waals surface area contributed by atoms with E-state index in [1.165, 1.54) is 5.56 Å². The number of aromatic nitrogens is 2. The molecule has 2 nitrogen and oxygen atoms in total. The molecule has 1 heterocycles. The Labute approximate surface area is 118 Å². The van der Waals surface area contributed by atoms with Gasteiger partial charge in [0.25, 0.3) is 0 Å². The van der Waals surface area contributed by atoms with Crippen LogP contribution in [0.25, 0.3) is 16.6 Å². The lowest BCUT2D eigenvalue weighted by molar-refractivity contribution is 1.02. The van der Waals surface area contributed by atoms with Gasteiger partial charge in [0, 0.05) is 12.4 Å². The number of allylic oxidation sites excluding steroid dienone is 1. The highest BCUT2D eigenvalue weighted by molar-refractivity contribution is 5.79. The molecule has 0 saturated heterocycles. The van der Waals surface area contributed by atoms with Crippen LogP contribution in [0.5, 0.6) is 0 Å². The number of hydrogen-bond acceptors (Lipinski definition) is 2. The number of nitrogens with zero attached hydrogens (tertiary/aromatic N) is 2. The Hall–Kier alpha value is -2.48. The molecule has 0 spiro atoms. The minimum Gasteiger partial charge on any atom is -0.253 e. The summed E-state index contributed by atoms with van der Waals surface area (Å²) in [7, 11) is 0. The summed E-state index contributed by atoms with van der Waals surface area (Å²) in [5, 5.41) is 0. The van der Waals surface area contributed by atoms with Crippen LogP contribution in [0.4, 0.5) is 0 Å². The second kappa shape index (κ2) is 5.66. The molecule has 0 unspecified atom stereocenters. The predicted molar refractivity (Wildman–Crippen MR) is 83.3 cm³/mol. The summed E-state index contributed by atoms with van der Waals surface area (Å²) in [4.78, 5) is 8.62. The van der Waals surface area contributed by atoms with Gasteiger partial charge in [-0.25, -0.2) is 0 Å². The van der Waals surface area contributed by atoms with Crippen LogP contribution >= 0.6 is 0 Å². The Balaban J connectivity index is 1.75. The Kier molecular flexibility index (Phi) is 3.55. The van der Waals surface area contributed by atoms with Crippen molar-refractivity contribution in [1.29, 1.82) is 0 Å². The number of rotatable bonds is 4. The van der Waals surface area contributed by atoms with Crippen molar-refractivity contribution in [3.63, 3.8) is 0 Å². The van der Waals surface area contributed by atoms with Crippen molar-refractivity contribution < 1.29 is 0 Å². The molecule has 0 radical (unpaired) electrons. The lowest BCUT2D eigenvalue weighted by Crippen LogP contribution is -1.90. The molecule has 0 N–H and O–H groups in total. The third-order valence-corrected chi connectivity index (χ3v) is 3.44. The van der Waals surface area contributed by atoms with Gasteiger partial charge in [0.05, 0.1) is 11.0 Å². The quantitative estimate of drug-likeness (QED) is 0.700. The zero-order chi connectivity index (χ0) is 13.8. The van der Waals surface area contributed by atoms with Crippen LogP contribution in [0, 0.1) is 0 Å². The monoisotopic (exact) mass is 260 g/mol. The summed E-state index contributed by atoms with van der Waals surface area (Å²) in [6.07, 6.45) is 5.40. The maximum Gasteiger partial charge on any atom is 0.0892 e. The lowest BCUT2D eigenvalue weighted by atomic mass is 9.99. The van der Waals surface area contributed by atoms with E-state index in [0.717, 1.165) is 35.0 Å². The number of benzene rings is 2. The normalized spacial score (nSPS) is 10.6. The first kappa shape index (κ1) is 12.5. The third-order valence-electron chi connectivity index (χ3n) is 3.44. The van der Waals surface area contributed by atoms with E-state index in [2.05, 4.69) is 52.9 Å². The molecule has 20 heavy (non-hydrogen) atoms. The molecular weight excluding hydrogens is 244 g/mol. The van der Waals surface area contributed by atoms with Gasteiger partial charge in [0.2, 0.25) is 0 Å². The van der Waals surface area contributed by atoms with Crippen molar-refractivity contribution in [2.24, 2.45) is 0 Å². The van der Waals surface area contributed by atoms with Crippen LogP contribution in [-0.2, 0) is 6.42 Å². The van der Waals surface area contributed by atoms with E-state index in [9.17, 15) is 0 Å². The summed E-state index contributed by atoms with van der Waals surface area (Å²) in [5.74, 6) is 0. The maximum atomic E-state index is 4.34. The van der Waals surface area contributed by atoms with Crippen molar-refractivity contribution in [2.45, 2.75) is 12.8 Å². The van der Waals surface area contributed by atoms with Gasteiger partial charge in [0.1, 0.15) is 0 Å². The maximum absolute atomic E-state index is 4.34. The highest BCUT2D eigenvalue weighted by Gasteiger charge is 2.03. The van der Waals surface area contributed by atoms with Crippen LogP contribution in [0.2, 0.25) is 0 Å². The third kappa shape index (κ3) is 2.75. The van der Waals surface area contributed by atoms with Gasteiger partial charge in [-0.1, -0.05) is 43.0 Å². The fourth-order valence-electron chi connectivity index (χ4n) is 2.27. The predicted octanol–water partition coefficient (Wildman–Crippen LogP) is 4.28. The molecule has 0 saturated carbocycles. The molecule has 3 aromatic rings. The summed E-state index contributed by atoms with van der Waals surface area (Å²) < 4.78 is 0. The van der Waals surface area contributed by atoms with Gasteiger partial charge in [-0.05, 0) is 41.7 Å². The Morgan fingerprint density at radius 3 is 2.45 bits per heavy atom. The van der Waals surface area contributed by atoms with E-state index in [1.54, 1.807) is 12.4 Å². The molecule has 2 aromatic carbocycles. The summed E-state index contributed by atoms with van der Waals surface area (Å²) in [6, 6.07) is 16.6. The van der Waals surface area contributed by atoms with E-state index in [1.807, 2.05) is 12.1 Å². The molecule has 0 aliphatic heterocycles. The fourth-order valence-corrected chi connectivity index (χ4v) is 2.27. The van der Waals surface area contributed by atoms with Crippen LogP contribution in [0.1, 0.15) is 17.5 Å². The van der Waals surface area contributed by atoms with Gasteiger partial charge in [-0.3, -0.25) is 9.97 Å². The first-order valence-electron chi connectivity index (χ1n) is 6.76. The van der Waals surface area contributed by atoms with E-state index < -0.39 is 0 Å². The van der Waals surface area contributed by atoms with Crippen LogP contribution < -0.4 is 0 Å². The largest absolute Gasteiger partial charge is 0.253 e. The topological polar surface area (TPSA) is 25.8 Å². The van der Waals surface area contributed by atoms with Crippen molar-refractivity contribution in [3.05, 3.63) is 78.6 Å². The number of hydrogen-bond donors (Lipinski definition) is 0. The SMILES string of the molecule is C=C(CCc1ccccc1)c1ccc2nccnc2c1. The minimum atomic E-state index is 0.922. The van der Waals surface area contributed by atoms with E-state index in [4.69, 9.17) is 0 Å². The highest BCUT2D eigenvalue weighted by atomic mass is 14.8. The molecule has 0 bridgehead atoms. The number of aryl methyl sites for hydroxylation is 1. The van der Waals surface area contributed by atoms with Gasteiger partial charge >= 0.3 is 0 Å². The molecular formula is C18H16N2. The van der Waals surface area contributed by atoms with Gasteiger partial charge in [0.15, 0.2) is 0 Å². The number of fused-ring (bicyclic) bond motifs is 1. The molecule has 1 aromatic heterocycles. The van der Waals surface area contributed by atoms with Crippen molar-refractivity contribution in [3.8, 4) is 0 Å². The van der Waals surface area contributed by atoms with Gasteiger partial charge in [-0.2, -0.15) is 0 Å². The standard InChI is InChI=1S/C18H16N2/c1-14(7-8-15-5-3-2-4-6-15)16-9-10-17-18(13-16)20-12-11-19-17/h2-6,9-13H,1,7-8H2. The molecule has 0 aliphatic carbocycles. The van der Waals surface area contributed by atoms with E-state index in [0.29, 0.717) is 0 Å². The second-order valence-corrected chi connectivity index (χ2v) is 4.85. The average Bonchev–Trinajstić information content (AvgIpc) is 2.53. The summed E-state index contributed by atoms with van der Waals surface area (Å²) in [6.45, 7) is 4.20. The Bertz CT molecular complexity index is 733. The molecule has 3 rings (SSSR count). The lowest BCUT2D eigenvalue weighted by Gasteiger charge is -2.07. The smallest absolute Gasteiger partial charge is 0.0892 e.